The molecular weight excluding hydrogens is 290 g/mol. The first-order valence-corrected chi connectivity index (χ1v) is 7.08. The standard InChI is InChI=1S/C15H23N3O2.ClH/c1-16-11-15(19)17-14(13-5-3-2-4-6-13)12-18-7-9-20-10-8-18;/h2-6,14,16H,7-12H2,1H3,(H,17,19);1H. The maximum absolute atomic E-state index is 11.9. The summed E-state index contributed by atoms with van der Waals surface area (Å²) in [7, 11) is 1.78. The summed E-state index contributed by atoms with van der Waals surface area (Å²) in [4.78, 5) is 14.2. The number of hydrogen-bond acceptors (Lipinski definition) is 4. The number of nitrogens with zero attached hydrogens (tertiary/aromatic N) is 1. The van der Waals surface area contributed by atoms with Gasteiger partial charge in [0.05, 0.1) is 25.8 Å². The van der Waals surface area contributed by atoms with Crippen LogP contribution in [0.15, 0.2) is 30.3 Å². The van der Waals surface area contributed by atoms with Gasteiger partial charge in [-0.05, 0) is 12.6 Å². The third-order valence-corrected chi connectivity index (χ3v) is 3.42. The maximum Gasteiger partial charge on any atom is 0.234 e. The highest BCUT2D eigenvalue weighted by molar-refractivity contribution is 5.85. The number of nitrogens with one attached hydrogen (secondary N) is 2. The van der Waals surface area contributed by atoms with Crippen molar-refractivity contribution in [3.8, 4) is 0 Å². The number of likely N-dealkylation sites (N-methyl/N-ethyl adjacent to an activating group) is 1. The number of rotatable bonds is 6. The molecule has 1 fully saturated rings. The predicted octanol–water partition coefficient (Wildman–Crippen LogP) is 0.817. The molecule has 5 nitrogen and oxygen atoms in total. The summed E-state index contributed by atoms with van der Waals surface area (Å²) >= 11 is 0. The highest BCUT2D eigenvalue weighted by Crippen LogP contribution is 2.15. The molecule has 0 saturated carbocycles. The fraction of sp³-hybridized carbons (Fsp3) is 0.533. The summed E-state index contributed by atoms with van der Waals surface area (Å²) in [6.07, 6.45) is 0. The lowest BCUT2D eigenvalue weighted by molar-refractivity contribution is -0.121. The molecule has 1 aliphatic heterocycles. The minimum absolute atomic E-state index is 0. The van der Waals surface area contributed by atoms with E-state index in [9.17, 15) is 4.79 Å². The number of carbonyl (C=O) groups is 1. The second-order valence-electron chi connectivity index (χ2n) is 4.97. The van der Waals surface area contributed by atoms with Crippen LogP contribution in [0, 0.1) is 0 Å². The van der Waals surface area contributed by atoms with Crippen LogP contribution in [-0.4, -0.2) is 57.2 Å². The number of hydrogen-bond donors (Lipinski definition) is 2. The van der Waals surface area contributed by atoms with E-state index in [1.807, 2.05) is 18.2 Å². The number of amides is 1. The molecule has 0 radical (unpaired) electrons. The summed E-state index contributed by atoms with van der Waals surface area (Å²) in [5.41, 5.74) is 1.14. The third kappa shape index (κ3) is 6.01. The minimum Gasteiger partial charge on any atom is -0.379 e. The molecule has 0 aromatic heterocycles. The average Bonchev–Trinajstić information content (AvgIpc) is 2.49. The molecular formula is C15H24ClN3O2. The number of carbonyl (C=O) groups excluding carboxylic acids is 1. The molecule has 1 saturated heterocycles. The highest BCUT2D eigenvalue weighted by atomic mass is 35.5. The molecule has 1 heterocycles. The Morgan fingerprint density at radius 1 is 1.29 bits per heavy atom. The van der Waals surface area contributed by atoms with Crippen LogP contribution in [0.2, 0.25) is 0 Å². The van der Waals surface area contributed by atoms with E-state index in [4.69, 9.17) is 4.74 Å². The van der Waals surface area contributed by atoms with Crippen molar-refractivity contribution in [1.82, 2.24) is 15.5 Å². The first-order chi connectivity index (χ1) is 9.79. The molecule has 1 unspecified atom stereocenters. The van der Waals surface area contributed by atoms with Gasteiger partial charge in [0.25, 0.3) is 0 Å². The molecule has 0 aliphatic carbocycles. The van der Waals surface area contributed by atoms with E-state index in [1.165, 1.54) is 0 Å². The Hall–Kier alpha value is -1.14. The first kappa shape index (κ1) is 17.9. The molecule has 21 heavy (non-hydrogen) atoms. The van der Waals surface area contributed by atoms with Crippen LogP contribution in [0.5, 0.6) is 0 Å². The zero-order valence-corrected chi connectivity index (χ0v) is 13.2. The van der Waals surface area contributed by atoms with E-state index in [2.05, 4.69) is 27.7 Å². The van der Waals surface area contributed by atoms with Crippen LogP contribution in [0.1, 0.15) is 11.6 Å². The maximum atomic E-state index is 11.9. The fourth-order valence-corrected chi connectivity index (χ4v) is 2.37. The number of morpholine rings is 1. The zero-order chi connectivity index (χ0) is 14.2. The van der Waals surface area contributed by atoms with Crippen LogP contribution in [0.3, 0.4) is 0 Å². The SMILES string of the molecule is CNCC(=O)NC(CN1CCOCC1)c1ccccc1.Cl. The largest absolute Gasteiger partial charge is 0.379 e. The summed E-state index contributed by atoms with van der Waals surface area (Å²) in [6.45, 7) is 4.55. The molecule has 2 N–H and O–H groups in total. The van der Waals surface area contributed by atoms with Crippen molar-refractivity contribution in [3.05, 3.63) is 35.9 Å². The van der Waals surface area contributed by atoms with Gasteiger partial charge in [-0.1, -0.05) is 30.3 Å². The number of halogens is 1. The van der Waals surface area contributed by atoms with Gasteiger partial charge >= 0.3 is 0 Å². The molecule has 1 aromatic carbocycles. The fourth-order valence-electron chi connectivity index (χ4n) is 2.37. The molecule has 6 heteroatoms. The Bertz CT molecular complexity index is 411. The normalized spacial score (nSPS) is 16.8. The molecule has 1 aromatic rings. The minimum atomic E-state index is 0. The van der Waals surface area contributed by atoms with Crippen LogP contribution in [-0.2, 0) is 9.53 Å². The molecule has 1 amide bonds. The lowest BCUT2D eigenvalue weighted by Gasteiger charge is -2.31. The molecule has 0 bridgehead atoms. The monoisotopic (exact) mass is 313 g/mol. The summed E-state index contributed by atoms with van der Waals surface area (Å²) in [6, 6.07) is 10.1. The summed E-state index contributed by atoms with van der Waals surface area (Å²) < 4.78 is 5.37. The van der Waals surface area contributed by atoms with Crippen molar-refractivity contribution in [2.24, 2.45) is 0 Å². The average molecular weight is 314 g/mol. The van der Waals surface area contributed by atoms with E-state index in [0.29, 0.717) is 6.54 Å². The second-order valence-corrected chi connectivity index (χ2v) is 4.97. The number of benzene rings is 1. The van der Waals surface area contributed by atoms with Crippen LogP contribution >= 0.6 is 12.4 Å². The molecule has 2 rings (SSSR count). The van der Waals surface area contributed by atoms with Crippen molar-refractivity contribution in [2.75, 3.05) is 46.4 Å². The van der Waals surface area contributed by atoms with Crippen molar-refractivity contribution >= 4 is 18.3 Å². The van der Waals surface area contributed by atoms with Crippen LogP contribution < -0.4 is 10.6 Å². The Morgan fingerprint density at radius 2 is 1.95 bits per heavy atom. The van der Waals surface area contributed by atoms with Gasteiger partial charge < -0.3 is 15.4 Å². The van der Waals surface area contributed by atoms with Crippen LogP contribution in [0.25, 0.3) is 0 Å². The Morgan fingerprint density at radius 3 is 2.57 bits per heavy atom. The zero-order valence-electron chi connectivity index (χ0n) is 12.4. The molecule has 1 atom stereocenters. The molecule has 1 aliphatic rings. The van der Waals surface area contributed by atoms with Gasteiger partial charge in [0, 0.05) is 19.6 Å². The van der Waals surface area contributed by atoms with E-state index in [1.54, 1.807) is 7.05 Å². The first-order valence-electron chi connectivity index (χ1n) is 7.08. The van der Waals surface area contributed by atoms with E-state index >= 15 is 0 Å². The van der Waals surface area contributed by atoms with Gasteiger partial charge in [0.1, 0.15) is 0 Å². The van der Waals surface area contributed by atoms with Crippen molar-refractivity contribution in [1.29, 1.82) is 0 Å². The van der Waals surface area contributed by atoms with E-state index < -0.39 is 0 Å². The summed E-state index contributed by atoms with van der Waals surface area (Å²) in [5, 5.41) is 5.98. The van der Waals surface area contributed by atoms with E-state index in [-0.39, 0.29) is 24.4 Å². The quantitative estimate of drug-likeness (QED) is 0.816. The van der Waals surface area contributed by atoms with Gasteiger partial charge in [-0.2, -0.15) is 0 Å². The second kappa shape index (κ2) is 9.73. The lowest BCUT2D eigenvalue weighted by atomic mass is 10.1. The Balaban J connectivity index is 0.00000220. The Kier molecular flexibility index (Phi) is 8.30. The van der Waals surface area contributed by atoms with E-state index in [0.717, 1.165) is 38.4 Å². The third-order valence-electron chi connectivity index (χ3n) is 3.42. The van der Waals surface area contributed by atoms with Crippen molar-refractivity contribution in [2.45, 2.75) is 6.04 Å². The van der Waals surface area contributed by atoms with Gasteiger partial charge in [0.15, 0.2) is 0 Å². The van der Waals surface area contributed by atoms with Crippen molar-refractivity contribution < 1.29 is 9.53 Å². The van der Waals surface area contributed by atoms with Gasteiger partial charge in [-0.25, -0.2) is 0 Å². The smallest absolute Gasteiger partial charge is 0.234 e. The van der Waals surface area contributed by atoms with Crippen molar-refractivity contribution in [3.63, 3.8) is 0 Å². The topological polar surface area (TPSA) is 53.6 Å². The van der Waals surface area contributed by atoms with Gasteiger partial charge in [-0.3, -0.25) is 9.69 Å². The highest BCUT2D eigenvalue weighted by Gasteiger charge is 2.19. The molecule has 0 spiro atoms. The Labute approximate surface area is 132 Å². The predicted molar refractivity (Wildman–Crippen MR) is 85.8 cm³/mol. The summed E-state index contributed by atoms with van der Waals surface area (Å²) in [5.74, 6) is 0.0228. The van der Waals surface area contributed by atoms with Gasteiger partial charge in [-0.15, -0.1) is 12.4 Å². The lowest BCUT2D eigenvalue weighted by Crippen LogP contribution is -2.44. The number of ether oxygens (including phenoxy) is 1. The van der Waals surface area contributed by atoms with Crippen LogP contribution in [0.4, 0.5) is 0 Å². The molecule has 118 valence electrons. The van der Waals surface area contributed by atoms with Gasteiger partial charge in [0.2, 0.25) is 5.91 Å².